The van der Waals surface area contributed by atoms with Gasteiger partial charge >= 0.3 is 6.18 Å². The predicted molar refractivity (Wildman–Crippen MR) is 65.5 cm³/mol. The van der Waals surface area contributed by atoms with E-state index in [9.17, 15) is 21.6 Å². The van der Waals surface area contributed by atoms with Crippen molar-refractivity contribution in [2.45, 2.75) is 17.6 Å². The maximum absolute atomic E-state index is 12.0. The first kappa shape index (κ1) is 16.2. The highest BCUT2D eigenvalue weighted by atomic mass is 35.5. The molecule has 0 amide bonds. The van der Waals surface area contributed by atoms with Crippen LogP contribution in [0.2, 0.25) is 5.02 Å². The van der Waals surface area contributed by atoms with Crippen LogP contribution in [0, 0.1) is 0 Å². The number of alkyl halides is 3. The maximum Gasteiger partial charge on any atom is 0.402 e. The van der Waals surface area contributed by atoms with Crippen LogP contribution in [0.1, 0.15) is 5.56 Å². The fourth-order valence-corrected chi connectivity index (χ4v) is 2.89. The normalized spacial score (nSPS) is 12.7. The van der Waals surface area contributed by atoms with Crippen LogP contribution < -0.4 is 10.0 Å². The molecule has 0 unspecified atom stereocenters. The molecule has 1 rings (SSSR count). The second-order valence-corrected chi connectivity index (χ2v) is 5.88. The van der Waals surface area contributed by atoms with Crippen LogP contribution in [0.3, 0.4) is 0 Å². The molecule has 0 aliphatic carbocycles. The van der Waals surface area contributed by atoms with E-state index in [1.807, 2.05) is 0 Å². The molecular weight excluding hydrogens is 305 g/mol. The third-order valence-corrected chi connectivity index (χ3v) is 4.01. The van der Waals surface area contributed by atoms with Gasteiger partial charge in [-0.15, -0.1) is 0 Å². The number of sulfonamides is 1. The first-order valence-electron chi connectivity index (χ1n) is 5.15. The van der Waals surface area contributed by atoms with Gasteiger partial charge in [0.25, 0.3) is 0 Å². The lowest BCUT2D eigenvalue weighted by molar-refractivity contribution is -0.121. The molecule has 1 aromatic carbocycles. The van der Waals surface area contributed by atoms with Gasteiger partial charge in [0.05, 0.1) is 5.02 Å². The summed E-state index contributed by atoms with van der Waals surface area (Å²) in [5.74, 6) is 0. The van der Waals surface area contributed by atoms with Crippen LogP contribution in [0.4, 0.5) is 13.2 Å². The maximum atomic E-state index is 12.0. The van der Waals surface area contributed by atoms with Gasteiger partial charge in [-0.05, 0) is 24.7 Å². The molecule has 0 saturated heterocycles. The fraction of sp³-hybridized carbons (Fsp3) is 0.400. The lowest BCUT2D eigenvalue weighted by Crippen LogP contribution is -2.34. The van der Waals surface area contributed by atoms with E-state index in [4.69, 9.17) is 11.6 Å². The lowest BCUT2D eigenvalue weighted by Gasteiger charge is -2.11. The summed E-state index contributed by atoms with van der Waals surface area (Å²) in [4.78, 5) is -0.369. The smallest absolute Gasteiger partial charge is 0.316 e. The average Bonchev–Trinajstić information content (AvgIpc) is 2.29. The van der Waals surface area contributed by atoms with Crippen LogP contribution in [0.25, 0.3) is 0 Å². The Bertz CT molecular complexity index is 546. The molecule has 2 N–H and O–H groups in total. The standard InChI is InChI=1S/C10H12ClF3N2O2S/c1-15-5-7-2-3-8(11)9(4-7)19(17,18)16-6-10(12,13)14/h2-4,15-16H,5-6H2,1H3. The number of hydrogen-bond acceptors (Lipinski definition) is 3. The summed E-state index contributed by atoms with van der Waals surface area (Å²) in [6.45, 7) is -1.26. The summed E-state index contributed by atoms with van der Waals surface area (Å²) in [7, 11) is -2.64. The van der Waals surface area contributed by atoms with Crippen molar-refractivity contribution in [2.24, 2.45) is 0 Å². The molecule has 0 radical (unpaired) electrons. The van der Waals surface area contributed by atoms with Crippen molar-refractivity contribution < 1.29 is 21.6 Å². The Morgan fingerprint density at radius 1 is 1.32 bits per heavy atom. The molecule has 4 nitrogen and oxygen atoms in total. The Morgan fingerprint density at radius 2 is 1.95 bits per heavy atom. The molecule has 0 aliphatic heterocycles. The molecule has 0 aliphatic rings. The SMILES string of the molecule is CNCc1ccc(Cl)c(S(=O)(=O)NCC(F)(F)F)c1. The van der Waals surface area contributed by atoms with Crippen LogP contribution in [0.5, 0.6) is 0 Å². The van der Waals surface area contributed by atoms with Gasteiger partial charge in [0.2, 0.25) is 10.0 Å². The summed E-state index contributed by atoms with van der Waals surface area (Å²) in [5.41, 5.74) is 0.597. The summed E-state index contributed by atoms with van der Waals surface area (Å²) >= 11 is 5.71. The van der Waals surface area contributed by atoms with Gasteiger partial charge in [-0.2, -0.15) is 13.2 Å². The number of benzene rings is 1. The molecule has 19 heavy (non-hydrogen) atoms. The van der Waals surface area contributed by atoms with Crippen molar-refractivity contribution in [1.82, 2.24) is 10.0 Å². The zero-order valence-corrected chi connectivity index (χ0v) is 11.5. The van der Waals surface area contributed by atoms with Crippen molar-refractivity contribution >= 4 is 21.6 Å². The topological polar surface area (TPSA) is 58.2 Å². The minimum absolute atomic E-state index is 0.130. The Hall–Kier alpha value is -0.830. The Labute approximate surface area is 114 Å². The minimum Gasteiger partial charge on any atom is -0.316 e. The van der Waals surface area contributed by atoms with Gasteiger partial charge in [0.15, 0.2) is 0 Å². The second kappa shape index (κ2) is 6.08. The lowest BCUT2D eigenvalue weighted by atomic mass is 10.2. The highest BCUT2D eigenvalue weighted by Gasteiger charge is 2.30. The zero-order chi connectivity index (χ0) is 14.7. The summed E-state index contributed by atoms with van der Waals surface area (Å²) in [6.07, 6.45) is -4.62. The molecule has 0 bridgehead atoms. The summed E-state index contributed by atoms with van der Waals surface area (Å²) in [6, 6.07) is 4.15. The highest BCUT2D eigenvalue weighted by molar-refractivity contribution is 7.89. The molecule has 108 valence electrons. The Kier molecular flexibility index (Phi) is 5.19. The van der Waals surface area contributed by atoms with Gasteiger partial charge in [-0.3, -0.25) is 0 Å². The van der Waals surface area contributed by atoms with Crippen LogP contribution >= 0.6 is 11.6 Å². The van der Waals surface area contributed by atoms with Gasteiger partial charge in [-0.25, -0.2) is 13.1 Å². The van der Waals surface area contributed by atoms with Crippen LogP contribution in [-0.4, -0.2) is 28.2 Å². The quantitative estimate of drug-likeness (QED) is 0.872. The second-order valence-electron chi connectivity index (χ2n) is 3.73. The van der Waals surface area contributed by atoms with Gasteiger partial charge in [0.1, 0.15) is 11.4 Å². The Morgan fingerprint density at radius 3 is 2.47 bits per heavy atom. The molecule has 9 heteroatoms. The minimum atomic E-state index is -4.62. The largest absolute Gasteiger partial charge is 0.402 e. The summed E-state index contributed by atoms with van der Waals surface area (Å²) in [5, 5.41) is 2.67. The monoisotopic (exact) mass is 316 g/mol. The third kappa shape index (κ3) is 4.98. The van der Waals surface area contributed by atoms with E-state index in [2.05, 4.69) is 5.32 Å². The first-order chi connectivity index (χ1) is 8.65. The first-order valence-corrected chi connectivity index (χ1v) is 7.01. The van der Waals surface area contributed by atoms with E-state index in [1.165, 1.54) is 16.9 Å². The number of rotatable bonds is 5. The average molecular weight is 317 g/mol. The van der Waals surface area contributed by atoms with Crippen molar-refractivity contribution in [3.8, 4) is 0 Å². The predicted octanol–water partition coefficient (Wildman–Crippen LogP) is 1.90. The number of halogens is 4. The van der Waals surface area contributed by atoms with E-state index in [0.29, 0.717) is 12.1 Å². The number of nitrogens with one attached hydrogen (secondary N) is 2. The molecule has 0 aromatic heterocycles. The molecule has 0 atom stereocenters. The van der Waals surface area contributed by atoms with Gasteiger partial charge in [0, 0.05) is 6.54 Å². The van der Waals surface area contributed by atoms with E-state index in [0.717, 1.165) is 0 Å². The van der Waals surface area contributed by atoms with Crippen molar-refractivity contribution in [3.63, 3.8) is 0 Å². The molecular formula is C10H12ClF3N2O2S. The van der Waals surface area contributed by atoms with E-state index >= 15 is 0 Å². The molecule has 0 spiro atoms. The molecule has 1 aromatic rings. The van der Waals surface area contributed by atoms with E-state index in [1.54, 1.807) is 13.1 Å². The third-order valence-electron chi connectivity index (χ3n) is 2.13. The summed E-state index contributed by atoms with van der Waals surface area (Å²) < 4.78 is 61.0. The van der Waals surface area contributed by atoms with E-state index < -0.39 is 22.7 Å². The molecule has 0 saturated carbocycles. The fourth-order valence-electron chi connectivity index (χ4n) is 1.32. The van der Waals surface area contributed by atoms with Crippen LogP contribution in [-0.2, 0) is 16.6 Å². The molecule has 0 heterocycles. The van der Waals surface area contributed by atoms with Crippen molar-refractivity contribution in [3.05, 3.63) is 28.8 Å². The zero-order valence-electron chi connectivity index (χ0n) is 9.88. The van der Waals surface area contributed by atoms with Gasteiger partial charge in [-0.1, -0.05) is 17.7 Å². The Balaban J connectivity index is 3.03. The van der Waals surface area contributed by atoms with Crippen molar-refractivity contribution in [1.29, 1.82) is 0 Å². The van der Waals surface area contributed by atoms with Gasteiger partial charge < -0.3 is 5.32 Å². The highest BCUT2D eigenvalue weighted by Crippen LogP contribution is 2.23. The van der Waals surface area contributed by atoms with Crippen LogP contribution in [0.15, 0.2) is 23.1 Å². The molecule has 0 fully saturated rings. The van der Waals surface area contributed by atoms with Crippen molar-refractivity contribution in [2.75, 3.05) is 13.6 Å². The van der Waals surface area contributed by atoms with E-state index in [-0.39, 0.29) is 9.92 Å². The number of hydrogen-bond donors (Lipinski definition) is 2.